The van der Waals surface area contributed by atoms with Gasteiger partial charge in [-0.1, -0.05) is 28.9 Å². The highest BCUT2D eigenvalue weighted by molar-refractivity contribution is 9.10. The number of halogens is 1. The summed E-state index contributed by atoms with van der Waals surface area (Å²) in [6.45, 7) is 1.58. The predicted molar refractivity (Wildman–Crippen MR) is 149 cm³/mol. The molecule has 9 N–H and O–H groups in total. The van der Waals surface area contributed by atoms with Gasteiger partial charge in [0.15, 0.2) is 11.4 Å². The van der Waals surface area contributed by atoms with Crippen molar-refractivity contribution in [2.45, 2.75) is 48.3 Å². The van der Waals surface area contributed by atoms with Crippen LogP contribution in [0.3, 0.4) is 0 Å². The molecular weight excluding hydrogens is 622 g/mol. The van der Waals surface area contributed by atoms with Crippen LogP contribution >= 0.6 is 15.9 Å². The minimum atomic E-state index is -3.04. The van der Waals surface area contributed by atoms with Crippen LogP contribution < -0.4 is 11.1 Å². The highest BCUT2D eigenvalue weighted by atomic mass is 79.9. The quantitative estimate of drug-likeness (QED) is 0.111. The molecule has 14 nitrogen and oxygen atoms in total. The molecule has 2 amide bonds. The highest BCUT2D eigenvalue weighted by Gasteiger charge is 2.68. The summed E-state index contributed by atoms with van der Waals surface area (Å²) in [4.78, 5) is 63.1. The van der Waals surface area contributed by atoms with E-state index in [1.165, 1.54) is 31.1 Å². The topological polar surface area (TPSA) is 248 Å². The van der Waals surface area contributed by atoms with Crippen molar-refractivity contribution in [1.29, 1.82) is 0 Å². The van der Waals surface area contributed by atoms with E-state index in [1.807, 2.05) is 0 Å². The molecule has 0 heterocycles. The Morgan fingerprint density at radius 2 is 1.79 bits per heavy atom. The molecule has 0 aromatic heterocycles. The number of likely N-dealkylation sites (N-methyl/N-ethyl adjacent to an activating group) is 1. The number of Topliss-reactive ketones (excluding diaryl/α,β-unsaturated/α-hetero) is 2. The molecule has 0 aliphatic heterocycles. The Labute approximate surface area is 247 Å². The van der Waals surface area contributed by atoms with Crippen molar-refractivity contribution in [3.63, 3.8) is 0 Å². The van der Waals surface area contributed by atoms with E-state index in [9.17, 15) is 49.5 Å². The standard InChI is InChI=1S/C27H30BrN3O11/c1-8-9-4-6-11(30-26(41)10(28)5-7-12(32)33)19(34)14(9)20(35)15-13(8)21(36)17-18(31(2)3)22(37)16(25(29)40)24(39)27(17,42)23(15)38/h4,6,8,10,13,17-18,21,34-36,39,42H,5,7H2,1-3H3,(H2,29,40)(H,30,41)(H,32,33)/t8?,10-,13?,17?,18?,21?,27?/m0/s1. The van der Waals surface area contributed by atoms with Crippen LogP contribution in [0.5, 0.6) is 5.75 Å². The number of alkyl halides is 1. The average molecular weight is 652 g/mol. The van der Waals surface area contributed by atoms with Gasteiger partial charge in [-0.15, -0.1) is 0 Å². The smallest absolute Gasteiger partial charge is 0.303 e. The normalized spacial score (nSPS) is 29.5. The van der Waals surface area contributed by atoms with E-state index in [0.717, 1.165) is 0 Å². The van der Waals surface area contributed by atoms with Crippen LogP contribution in [0.1, 0.15) is 36.8 Å². The van der Waals surface area contributed by atoms with E-state index in [0.29, 0.717) is 0 Å². The number of rotatable bonds is 7. The first-order valence-electron chi connectivity index (χ1n) is 12.8. The number of amides is 2. The number of fused-ring (bicyclic) bond motifs is 3. The number of anilines is 1. The third-order valence-corrected chi connectivity index (χ3v) is 9.16. The van der Waals surface area contributed by atoms with Crippen LogP contribution in [-0.4, -0.2) is 102 Å². The van der Waals surface area contributed by atoms with Crippen LogP contribution in [0, 0.1) is 11.8 Å². The molecule has 1 aromatic carbocycles. The van der Waals surface area contributed by atoms with Gasteiger partial charge in [-0.2, -0.15) is 0 Å². The zero-order valence-corrected chi connectivity index (χ0v) is 24.2. The summed E-state index contributed by atoms with van der Waals surface area (Å²) in [5, 5.41) is 68.0. The molecular formula is C27H30BrN3O11. The molecule has 1 aromatic rings. The lowest BCUT2D eigenvalue weighted by Crippen LogP contribution is -2.70. The maximum Gasteiger partial charge on any atom is 0.303 e. The van der Waals surface area contributed by atoms with Crippen molar-refractivity contribution < 1.29 is 54.6 Å². The molecule has 0 spiro atoms. The monoisotopic (exact) mass is 651 g/mol. The largest absolute Gasteiger partial charge is 0.508 e. The van der Waals surface area contributed by atoms with Gasteiger partial charge < -0.3 is 41.7 Å². The van der Waals surface area contributed by atoms with Crippen LogP contribution in [0.15, 0.2) is 29.0 Å². The molecule has 42 heavy (non-hydrogen) atoms. The molecule has 7 atom stereocenters. The summed E-state index contributed by atoms with van der Waals surface area (Å²) in [7, 11) is 2.83. The Bertz CT molecular complexity index is 1490. The van der Waals surface area contributed by atoms with Crippen LogP contribution in [0.4, 0.5) is 5.69 Å². The van der Waals surface area contributed by atoms with Gasteiger partial charge in [0.05, 0.1) is 34.1 Å². The number of phenols is 1. The van der Waals surface area contributed by atoms with E-state index in [2.05, 4.69) is 21.2 Å². The van der Waals surface area contributed by atoms with Crippen molar-refractivity contribution in [3.05, 3.63) is 40.2 Å². The van der Waals surface area contributed by atoms with Crippen molar-refractivity contribution in [2.75, 3.05) is 19.4 Å². The summed E-state index contributed by atoms with van der Waals surface area (Å²) >= 11 is 3.08. The molecule has 15 heteroatoms. The zero-order chi connectivity index (χ0) is 31.6. The fraction of sp³-hybridized carbons (Fsp3) is 0.444. The Hall–Kier alpha value is -3.79. The molecule has 0 bridgehead atoms. The van der Waals surface area contributed by atoms with Crippen LogP contribution in [0.25, 0.3) is 5.76 Å². The third-order valence-electron chi connectivity index (χ3n) is 8.28. The Kier molecular flexibility index (Phi) is 8.01. The van der Waals surface area contributed by atoms with Crippen molar-refractivity contribution >= 4 is 56.7 Å². The SMILES string of the molecule is CC1c2ccc(NC(=O)[C@@H](Br)CCC(=O)O)c(O)c2C(O)=C2C(=O)C3(O)C(O)=C(C(N)=O)C(=O)C(N(C)C)C3C(O)C21. The number of aromatic hydroxyl groups is 1. The summed E-state index contributed by atoms with van der Waals surface area (Å²) in [5.41, 5.74) is 0.457. The molecule has 3 aliphatic carbocycles. The third kappa shape index (κ3) is 4.47. The number of nitrogens with zero attached hydrogens (tertiary/aromatic N) is 1. The van der Waals surface area contributed by atoms with Crippen molar-refractivity contribution in [1.82, 2.24) is 4.90 Å². The molecule has 4 rings (SSSR count). The number of aliphatic hydroxyl groups is 4. The number of nitrogens with one attached hydrogen (secondary N) is 1. The average Bonchev–Trinajstić information content (AvgIpc) is 2.90. The first-order chi connectivity index (χ1) is 19.5. The van der Waals surface area contributed by atoms with Crippen LogP contribution in [-0.2, 0) is 24.0 Å². The summed E-state index contributed by atoms with van der Waals surface area (Å²) in [6.07, 6.45) is -2.10. The van der Waals surface area contributed by atoms with Crippen molar-refractivity contribution in [3.8, 4) is 5.75 Å². The zero-order valence-electron chi connectivity index (χ0n) is 22.7. The van der Waals surface area contributed by atoms with Gasteiger partial charge in [0.25, 0.3) is 5.91 Å². The van der Waals surface area contributed by atoms with Crippen LogP contribution in [0.2, 0.25) is 0 Å². The fourth-order valence-electron chi connectivity index (χ4n) is 6.31. The van der Waals surface area contributed by atoms with Gasteiger partial charge in [-0.3, -0.25) is 28.9 Å². The van der Waals surface area contributed by atoms with E-state index in [4.69, 9.17) is 10.8 Å². The minimum absolute atomic E-state index is 0.0617. The van der Waals surface area contributed by atoms with Gasteiger partial charge >= 0.3 is 5.97 Å². The number of hydrogen-bond acceptors (Lipinski definition) is 11. The van der Waals surface area contributed by atoms with Gasteiger partial charge in [-0.05, 0) is 38.1 Å². The number of phenolic OH excluding ortho intramolecular Hbond substituents is 1. The number of hydrogen-bond donors (Lipinski definition) is 8. The fourth-order valence-corrected chi connectivity index (χ4v) is 6.65. The summed E-state index contributed by atoms with van der Waals surface area (Å²) < 4.78 is 0. The van der Waals surface area contributed by atoms with Crippen molar-refractivity contribution in [2.24, 2.45) is 17.6 Å². The predicted octanol–water partition coefficient (Wildman–Crippen LogP) is 0.0626. The van der Waals surface area contributed by atoms with Gasteiger partial charge in [0.2, 0.25) is 11.7 Å². The maximum atomic E-state index is 14.0. The Morgan fingerprint density at radius 1 is 1.17 bits per heavy atom. The number of benzene rings is 1. The second kappa shape index (κ2) is 10.8. The minimum Gasteiger partial charge on any atom is -0.508 e. The van der Waals surface area contributed by atoms with Gasteiger partial charge in [-0.25, -0.2) is 0 Å². The second-order valence-electron chi connectivity index (χ2n) is 10.9. The highest BCUT2D eigenvalue weighted by Crippen LogP contribution is 2.56. The van der Waals surface area contributed by atoms with E-state index in [-0.39, 0.29) is 29.7 Å². The lowest BCUT2D eigenvalue weighted by molar-refractivity contribution is -0.169. The van der Waals surface area contributed by atoms with Gasteiger partial charge in [0.1, 0.15) is 22.8 Å². The molecule has 0 saturated heterocycles. The number of carboxylic acid groups (broad SMARTS) is 1. The number of aliphatic carboxylic acids is 1. The number of carboxylic acids is 1. The molecule has 1 saturated carbocycles. The summed E-state index contributed by atoms with van der Waals surface area (Å²) in [5.74, 6) is -12.1. The number of carbonyl (C=O) groups excluding carboxylic acids is 4. The lowest BCUT2D eigenvalue weighted by atomic mass is 9.54. The molecule has 3 aliphatic rings. The molecule has 1 fully saturated rings. The number of ketones is 2. The molecule has 6 unspecified atom stereocenters. The second-order valence-corrected chi connectivity index (χ2v) is 12.0. The van der Waals surface area contributed by atoms with Gasteiger partial charge in [0, 0.05) is 17.9 Å². The van der Waals surface area contributed by atoms with E-state index < -0.39 is 98.1 Å². The molecule has 226 valence electrons. The lowest BCUT2D eigenvalue weighted by Gasteiger charge is -2.53. The first-order valence-corrected chi connectivity index (χ1v) is 13.7. The number of aliphatic hydroxyl groups excluding tert-OH is 3. The Balaban J connectivity index is 1.87. The maximum absolute atomic E-state index is 14.0. The number of nitrogens with two attached hydrogens (primary N) is 1. The summed E-state index contributed by atoms with van der Waals surface area (Å²) in [6, 6.07) is 1.30. The first kappa shape index (κ1) is 31.2. The van der Waals surface area contributed by atoms with E-state index in [1.54, 1.807) is 6.92 Å². The van der Waals surface area contributed by atoms with E-state index >= 15 is 0 Å². The molecule has 0 radical (unpaired) electrons. The Morgan fingerprint density at radius 3 is 2.33 bits per heavy atom. The number of carbonyl (C=O) groups is 5. The number of primary amides is 1.